The Bertz CT molecular complexity index is 234. The summed E-state index contributed by atoms with van der Waals surface area (Å²) in [5.74, 6) is 1.25. The van der Waals surface area contributed by atoms with Crippen molar-refractivity contribution in [2.45, 2.75) is 44.9 Å². The molecular weight excluding hydrogens is 238 g/mol. The van der Waals surface area contributed by atoms with Crippen LogP contribution in [-0.4, -0.2) is 35.6 Å². The Morgan fingerprint density at radius 2 is 1.71 bits per heavy atom. The molecule has 17 heavy (non-hydrogen) atoms. The zero-order valence-corrected chi connectivity index (χ0v) is 11.3. The van der Waals surface area contributed by atoms with Crippen molar-refractivity contribution in [1.82, 2.24) is 4.90 Å². The second-order valence-electron chi connectivity index (χ2n) is 5.42. The van der Waals surface area contributed by atoms with Crippen LogP contribution >= 0.6 is 12.4 Å². The van der Waals surface area contributed by atoms with Crippen molar-refractivity contribution in [3.8, 4) is 0 Å². The molecule has 0 bridgehead atoms. The van der Waals surface area contributed by atoms with Crippen LogP contribution < -0.4 is 0 Å². The summed E-state index contributed by atoms with van der Waals surface area (Å²) in [6.07, 6.45) is 7.92. The molecule has 0 aromatic carbocycles. The summed E-state index contributed by atoms with van der Waals surface area (Å²) in [6, 6.07) is 0. The summed E-state index contributed by atoms with van der Waals surface area (Å²) in [6.45, 7) is 3.66. The number of carboxylic acids is 1. The predicted molar refractivity (Wildman–Crippen MR) is 70.6 cm³/mol. The van der Waals surface area contributed by atoms with Gasteiger partial charge in [-0.3, -0.25) is 4.79 Å². The van der Waals surface area contributed by atoms with Gasteiger partial charge in [0.1, 0.15) is 0 Å². The summed E-state index contributed by atoms with van der Waals surface area (Å²) in [5, 5.41) is 8.56. The lowest BCUT2D eigenvalue weighted by atomic mass is 9.82. The zero-order valence-electron chi connectivity index (χ0n) is 10.4. The number of carbonyl (C=O) groups is 1. The Labute approximate surface area is 110 Å². The maximum Gasteiger partial charge on any atom is 0.303 e. The van der Waals surface area contributed by atoms with E-state index >= 15 is 0 Å². The first-order valence-electron chi connectivity index (χ1n) is 6.70. The highest BCUT2D eigenvalue weighted by Gasteiger charge is 2.33. The van der Waals surface area contributed by atoms with E-state index in [1.165, 1.54) is 38.8 Å². The molecule has 2 unspecified atom stereocenters. The van der Waals surface area contributed by atoms with Crippen LogP contribution in [-0.2, 0) is 4.79 Å². The Balaban J connectivity index is 0.00000144. The first-order chi connectivity index (χ1) is 7.75. The molecule has 2 atom stereocenters. The third-order valence-corrected chi connectivity index (χ3v) is 4.17. The van der Waals surface area contributed by atoms with Gasteiger partial charge in [-0.1, -0.05) is 12.8 Å². The van der Waals surface area contributed by atoms with Crippen LogP contribution in [0.2, 0.25) is 0 Å². The van der Waals surface area contributed by atoms with E-state index in [1.807, 2.05) is 0 Å². The normalized spacial score (nSPS) is 28.5. The second-order valence-corrected chi connectivity index (χ2v) is 5.42. The van der Waals surface area contributed by atoms with Crippen molar-refractivity contribution in [2.24, 2.45) is 11.8 Å². The van der Waals surface area contributed by atoms with Gasteiger partial charge in [0.25, 0.3) is 0 Å². The Morgan fingerprint density at radius 3 is 2.24 bits per heavy atom. The molecule has 2 aliphatic rings. The predicted octanol–water partition coefficient (Wildman–Crippen LogP) is 2.79. The van der Waals surface area contributed by atoms with Crippen LogP contribution in [0.5, 0.6) is 0 Å². The minimum Gasteiger partial charge on any atom is -0.481 e. The van der Waals surface area contributed by atoms with Gasteiger partial charge in [-0.2, -0.15) is 0 Å². The number of likely N-dealkylation sites (tertiary alicyclic amines) is 1. The molecule has 2 fully saturated rings. The first-order valence-corrected chi connectivity index (χ1v) is 6.70. The molecule has 0 spiro atoms. The summed E-state index contributed by atoms with van der Waals surface area (Å²) in [5.41, 5.74) is 0. The highest BCUT2D eigenvalue weighted by Crippen LogP contribution is 2.35. The van der Waals surface area contributed by atoms with Crippen molar-refractivity contribution in [2.75, 3.05) is 19.6 Å². The average molecular weight is 262 g/mol. The summed E-state index contributed by atoms with van der Waals surface area (Å²) < 4.78 is 0. The van der Waals surface area contributed by atoms with Gasteiger partial charge in [0, 0.05) is 19.5 Å². The maximum absolute atomic E-state index is 10.4. The van der Waals surface area contributed by atoms with E-state index in [0.717, 1.165) is 31.2 Å². The van der Waals surface area contributed by atoms with Crippen molar-refractivity contribution in [3.63, 3.8) is 0 Å². The highest BCUT2D eigenvalue weighted by molar-refractivity contribution is 5.85. The number of carboxylic acid groups (broad SMARTS) is 1. The molecule has 1 aliphatic carbocycles. The van der Waals surface area contributed by atoms with E-state index in [0.29, 0.717) is 6.42 Å². The fraction of sp³-hybridized carbons (Fsp3) is 0.923. The lowest BCUT2D eigenvalue weighted by Crippen LogP contribution is -2.22. The number of aliphatic carboxylic acids is 1. The molecule has 1 heterocycles. The number of hydrogen-bond acceptors (Lipinski definition) is 2. The number of nitrogens with zero attached hydrogens (tertiary/aromatic N) is 1. The van der Waals surface area contributed by atoms with E-state index in [9.17, 15) is 4.79 Å². The zero-order chi connectivity index (χ0) is 11.4. The van der Waals surface area contributed by atoms with Gasteiger partial charge >= 0.3 is 5.97 Å². The standard InChI is InChI=1S/C13H23NO2.ClH/c15-13(16)7-3-4-8-14-9-11-5-1-2-6-12(11)10-14;/h11-12H,1-10H2,(H,15,16);1H. The summed E-state index contributed by atoms with van der Waals surface area (Å²) >= 11 is 0. The van der Waals surface area contributed by atoms with Crippen LogP contribution in [0.1, 0.15) is 44.9 Å². The molecule has 1 saturated heterocycles. The lowest BCUT2D eigenvalue weighted by Gasteiger charge is -2.23. The van der Waals surface area contributed by atoms with E-state index < -0.39 is 5.97 Å². The summed E-state index contributed by atoms with van der Waals surface area (Å²) in [4.78, 5) is 12.9. The van der Waals surface area contributed by atoms with Crippen LogP contribution in [0.25, 0.3) is 0 Å². The number of unbranched alkanes of at least 4 members (excludes halogenated alkanes) is 1. The van der Waals surface area contributed by atoms with Gasteiger partial charge < -0.3 is 10.0 Å². The Hall–Kier alpha value is -0.280. The van der Waals surface area contributed by atoms with Gasteiger partial charge in [0.05, 0.1) is 0 Å². The van der Waals surface area contributed by atoms with E-state index in [2.05, 4.69) is 4.90 Å². The molecule has 1 N–H and O–H groups in total. The maximum atomic E-state index is 10.4. The number of hydrogen-bond donors (Lipinski definition) is 1. The molecule has 0 aromatic rings. The Kier molecular flexibility index (Phi) is 6.28. The molecule has 0 radical (unpaired) electrons. The molecule has 2 rings (SSSR count). The van der Waals surface area contributed by atoms with Gasteiger partial charge in [0.15, 0.2) is 0 Å². The minimum atomic E-state index is -0.657. The van der Waals surface area contributed by atoms with Crippen molar-refractivity contribution in [1.29, 1.82) is 0 Å². The van der Waals surface area contributed by atoms with Gasteiger partial charge in [-0.15, -0.1) is 12.4 Å². The van der Waals surface area contributed by atoms with E-state index in [1.54, 1.807) is 0 Å². The summed E-state index contributed by atoms with van der Waals surface area (Å²) in [7, 11) is 0. The van der Waals surface area contributed by atoms with Crippen molar-refractivity contribution in [3.05, 3.63) is 0 Å². The fourth-order valence-electron chi connectivity index (χ4n) is 3.30. The molecule has 0 aromatic heterocycles. The first kappa shape index (κ1) is 14.8. The number of halogens is 1. The molecule has 1 saturated carbocycles. The number of fused-ring (bicyclic) bond motifs is 1. The minimum absolute atomic E-state index is 0. The van der Waals surface area contributed by atoms with Crippen LogP contribution in [0.4, 0.5) is 0 Å². The monoisotopic (exact) mass is 261 g/mol. The molecule has 0 amide bonds. The van der Waals surface area contributed by atoms with Gasteiger partial charge in [-0.05, 0) is 44.1 Å². The topological polar surface area (TPSA) is 40.5 Å². The van der Waals surface area contributed by atoms with E-state index in [-0.39, 0.29) is 12.4 Å². The third-order valence-electron chi connectivity index (χ3n) is 4.17. The molecule has 100 valence electrons. The van der Waals surface area contributed by atoms with Gasteiger partial charge in [0.2, 0.25) is 0 Å². The smallest absolute Gasteiger partial charge is 0.303 e. The fourth-order valence-corrected chi connectivity index (χ4v) is 3.30. The molecule has 1 aliphatic heterocycles. The largest absolute Gasteiger partial charge is 0.481 e. The van der Waals surface area contributed by atoms with Crippen LogP contribution in [0.3, 0.4) is 0 Å². The SMILES string of the molecule is Cl.O=C(O)CCCCN1CC2CCCCC2C1. The van der Waals surface area contributed by atoms with Crippen LogP contribution in [0.15, 0.2) is 0 Å². The third kappa shape index (κ3) is 4.47. The van der Waals surface area contributed by atoms with Gasteiger partial charge in [-0.25, -0.2) is 0 Å². The average Bonchev–Trinajstić information content (AvgIpc) is 2.66. The number of rotatable bonds is 5. The molecular formula is C13H24ClNO2. The molecule has 4 heteroatoms. The van der Waals surface area contributed by atoms with E-state index in [4.69, 9.17) is 5.11 Å². The van der Waals surface area contributed by atoms with Crippen molar-refractivity contribution < 1.29 is 9.90 Å². The highest BCUT2D eigenvalue weighted by atomic mass is 35.5. The molecule has 3 nitrogen and oxygen atoms in total. The lowest BCUT2D eigenvalue weighted by molar-refractivity contribution is -0.137. The Morgan fingerprint density at radius 1 is 1.12 bits per heavy atom. The second kappa shape index (κ2) is 7.22. The van der Waals surface area contributed by atoms with Crippen molar-refractivity contribution >= 4 is 18.4 Å². The quantitative estimate of drug-likeness (QED) is 0.774. The van der Waals surface area contributed by atoms with Crippen LogP contribution in [0, 0.1) is 11.8 Å².